The summed E-state index contributed by atoms with van der Waals surface area (Å²) in [4.78, 5) is 23.6. The first-order valence-corrected chi connectivity index (χ1v) is 6.56. The third-order valence-electron chi connectivity index (χ3n) is 4.82. The number of carbonyl (C=O) groups is 2. The first kappa shape index (κ1) is 12.6. The van der Waals surface area contributed by atoms with Crippen molar-refractivity contribution in [3.63, 3.8) is 0 Å². The van der Waals surface area contributed by atoms with Crippen LogP contribution >= 0.6 is 0 Å². The highest BCUT2D eigenvalue weighted by atomic mass is 16.5. The average Bonchev–Trinajstić information content (AvgIpc) is 2.33. The second-order valence-electron chi connectivity index (χ2n) is 6.20. The van der Waals surface area contributed by atoms with Gasteiger partial charge in [-0.15, -0.1) is 0 Å². The van der Waals surface area contributed by atoms with Crippen LogP contribution in [0, 0.1) is 23.2 Å². The van der Waals surface area contributed by atoms with Crippen LogP contribution in [0.1, 0.15) is 46.0 Å². The Kier molecular flexibility index (Phi) is 3.28. The number of hydrogen-bond acceptors (Lipinski definition) is 3. The molecule has 2 aliphatic carbocycles. The van der Waals surface area contributed by atoms with Gasteiger partial charge in [0.05, 0.1) is 13.0 Å². The number of fused-ring (bicyclic) bond motifs is 1. The van der Waals surface area contributed by atoms with Crippen LogP contribution in [0.2, 0.25) is 0 Å². The van der Waals surface area contributed by atoms with E-state index in [9.17, 15) is 9.59 Å². The summed E-state index contributed by atoms with van der Waals surface area (Å²) >= 11 is 0. The van der Waals surface area contributed by atoms with Gasteiger partial charge in [0.1, 0.15) is 5.78 Å². The molecular formula is C14H22O3. The van der Waals surface area contributed by atoms with Crippen molar-refractivity contribution < 1.29 is 14.3 Å². The highest BCUT2D eigenvalue weighted by Crippen LogP contribution is 2.50. The van der Waals surface area contributed by atoms with Gasteiger partial charge < -0.3 is 4.74 Å². The third kappa shape index (κ3) is 2.24. The topological polar surface area (TPSA) is 43.4 Å². The van der Waals surface area contributed by atoms with Gasteiger partial charge in [-0.3, -0.25) is 9.59 Å². The monoisotopic (exact) mass is 238 g/mol. The molecular weight excluding hydrogens is 216 g/mol. The molecule has 3 heteroatoms. The zero-order valence-corrected chi connectivity index (χ0v) is 11.0. The summed E-state index contributed by atoms with van der Waals surface area (Å²) < 4.78 is 4.81. The van der Waals surface area contributed by atoms with Gasteiger partial charge in [0, 0.05) is 12.3 Å². The number of esters is 1. The van der Waals surface area contributed by atoms with Crippen molar-refractivity contribution in [3.05, 3.63) is 0 Å². The highest BCUT2D eigenvalue weighted by Gasteiger charge is 2.47. The fourth-order valence-electron chi connectivity index (χ4n) is 3.66. The van der Waals surface area contributed by atoms with E-state index in [-0.39, 0.29) is 23.2 Å². The number of Topliss-reactive ketones (excluding diaryl/α,β-unsaturated/α-hetero) is 1. The molecule has 3 nitrogen and oxygen atoms in total. The fraction of sp³-hybridized carbons (Fsp3) is 0.857. The zero-order chi connectivity index (χ0) is 12.6. The molecule has 2 saturated carbocycles. The largest absolute Gasteiger partial charge is 0.469 e. The van der Waals surface area contributed by atoms with E-state index in [2.05, 4.69) is 13.8 Å². The third-order valence-corrected chi connectivity index (χ3v) is 4.82. The number of ether oxygens (including phenoxy) is 1. The van der Waals surface area contributed by atoms with Gasteiger partial charge in [0.15, 0.2) is 0 Å². The number of ketones is 1. The van der Waals surface area contributed by atoms with Gasteiger partial charge in [0.25, 0.3) is 0 Å². The van der Waals surface area contributed by atoms with Crippen LogP contribution in [0.4, 0.5) is 0 Å². The molecule has 0 bridgehead atoms. The van der Waals surface area contributed by atoms with E-state index in [0.29, 0.717) is 24.5 Å². The standard InChI is InChI=1S/C14H22O3/c1-14(2)7-6-12(15)10-8-9(13(16)17-3)4-5-11(10)14/h9-11H,4-8H2,1-3H3. The van der Waals surface area contributed by atoms with Gasteiger partial charge in [-0.2, -0.15) is 0 Å². The van der Waals surface area contributed by atoms with Crippen LogP contribution in [-0.4, -0.2) is 18.9 Å². The Morgan fingerprint density at radius 3 is 2.71 bits per heavy atom. The molecule has 0 aromatic carbocycles. The Labute approximate surface area is 103 Å². The minimum Gasteiger partial charge on any atom is -0.469 e. The molecule has 0 radical (unpaired) electrons. The summed E-state index contributed by atoms with van der Waals surface area (Å²) in [7, 11) is 1.43. The molecule has 2 aliphatic rings. The van der Waals surface area contributed by atoms with Gasteiger partial charge in [-0.1, -0.05) is 13.8 Å². The van der Waals surface area contributed by atoms with Crippen LogP contribution < -0.4 is 0 Å². The molecule has 0 heterocycles. The molecule has 96 valence electrons. The van der Waals surface area contributed by atoms with Gasteiger partial charge in [-0.25, -0.2) is 0 Å². The van der Waals surface area contributed by atoms with Crippen molar-refractivity contribution in [2.45, 2.75) is 46.0 Å². The Morgan fingerprint density at radius 2 is 2.06 bits per heavy atom. The van der Waals surface area contributed by atoms with Crippen molar-refractivity contribution in [2.24, 2.45) is 23.2 Å². The number of carbonyl (C=O) groups excluding carboxylic acids is 2. The SMILES string of the molecule is COC(=O)C1CCC2C(C1)C(=O)CCC2(C)C. The van der Waals surface area contributed by atoms with Crippen LogP contribution in [0.15, 0.2) is 0 Å². The lowest BCUT2D eigenvalue weighted by atomic mass is 9.57. The summed E-state index contributed by atoms with van der Waals surface area (Å²) in [6.45, 7) is 4.52. The van der Waals surface area contributed by atoms with E-state index < -0.39 is 0 Å². The number of rotatable bonds is 1. The predicted molar refractivity (Wildman–Crippen MR) is 64.4 cm³/mol. The molecule has 0 spiro atoms. The van der Waals surface area contributed by atoms with Crippen molar-refractivity contribution in [1.82, 2.24) is 0 Å². The second kappa shape index (κ2) is 4.43. The summed E-state index contributed by atoms with van der Waals surface area (Å²) in [5.41, 5.74) is 0.250. The van der Waals surface area contributed by atoms with Crippen molar-refractivity contribution >= 4 is 11.8 Å². The summed E-state index contributed by atoms with van der Waals surface area (Å²) in [6, 6.07) is 0. The van der Waals surface area contributed by atoms with E-state index in [1.807, 2.05) is 0 Å². The van der Waals surface area contributed by atoms with E-state index in [1.165, 1.54) is 7.11 Å². The number of methoxy groups -OCH3 is 1. The first-order valence-electron chi connectivity index (χ1n) is 6.56. The van der Waals surface area contributed by atoms with Gasteiger partial charge >= 0.3 is 5.97 Å². The minimum absolute atomic E-state index is 0.0564. The first-order chi connectivity index (χ1) is 7.95. The lowest BCUT2D eigenvalue weighted by Gasteiger charge is -2.47. The Hall–Kier alpha value is -0.860. The minimum atomic E-state index is -0.139. The van der Waals surface area contributed by atoms with Crippen molar-refractivity contribution in [1.29, 1.82) is 0 Å². The van der Waals surface area contributed by atoms with Gasteiger partial charge in [0.2, 0.25) is 0 Å². The number of hydrogen-bond donors (Lipinski definition) is 0. The van der Waals surface area contributed by atoms with E-state index >= 15 is 0 Å². The van der Waals surface area contributed by atoms with Crippen LogP contribution in [0.5, 0.6) is 0 Å². The van der Waals surface area contributed by atoms with E-state index in [4.69, 9.17) is 4.74 Å². The molecule has 0 saturated heterocycles. The summed E-state index contributed by atoms with van der Waals surface area (Å²) in [6.07, 6.45) is 4.26. The van der Waals surface area contributed by atoms with Crippen molar-refractivity contribution in [3.8, 4) is 0 Å². The quantitative estimate of drug-likeness (QED) is 0.659. The Morgan fingerprint density at radius 1 is 1.35 bits per heavy atom. The molecule has 0 N–H and O–H groups in total. The van der Waals surface area contributed by atoms with E-state index in [0.717, 1.165) is 19.3 Å². The summed E-state index contributed by atoms with van der Waals surface area (Å²) in [5, 5.41) is 0. The normalized spacial score (nSPS) is 36.2. The van der Waals surface area contributed by atoms with E-state index in [1.54, 1.807) is 0 Å². The molecule has 3 atom stereocenters. The molecule has 0 aliphatic heterocycles. The predicted octanol–water partition coefficient (Wildman–Crippen LogP) is 2.58. The maximum Gasteiger partial charge on any atom is 0.308 e. The smallest absolute Gasteiger partial charge is 0.308 e. The average molecular weight is 238 g/mol. The molecule has 2 rings (SSSR count). The maximum atomic E-state index is 12.0. The molecule has 2 fully saturated rings. The fourth-order valence-corrected chi connectivity index (χ4v) is 3.66. The van der Waals surface area contributed by atoms with Crippen LogP contribution in [-0.2, 0) is 14.3 Å². The Bertz CT molecular complexity index is 332. The lowest BCUT2D eigenvalue weighted by Crippen LogP contribution is -2.45. The van der Waals surface area contributed by atoms with Crippen LogP contribution in [0.3, 0.4) is 0 Å². The lowest BCUT2D eigenvalue weighted by molar-refractivity contribution is -0.150. The zero-order valence-electron chi connectivity index (χ0n) is 11.0. The van der Waals surface area contributed by atoms with Crippen molar-refractivity contribution in [2.75, 3.05) is 7.11 Å². The second-order valence-corrected chi connectivity index (χ2v) is 6.20. The Balaban J connectivity index is 2.13. The molecule has 0 aromatic heterocycles. The molecule has 0 amide bonds. The highest BCUT2D eigenvalue weighted by molar-refractivity contribution is 5.83. The molecule has 17 heavy (non-hydrogen) atoms. The maximum absolute atomic E-state index is 12.0. The van der Waals surface area contributed by atoms with Crippen LogP contribution in [0.25, 0.3) is 0 Å². The molecule has 3 unspecified atom stereocenters. The van der Waals surface area contributed by atoms with Gasteiger partial charge in [-0.05, 0) is 37.0 Å². The molecule has 0 aromatic rings. The summed E-state index contributed by atoms with van der Waals surface area (Å²) in [5.74, 6) is 0.725.